The third kappa shape index (κ3) is 5.73. The minimum Gasteiger partial charge on any atom is -0.491 e. The van der Waals surface area contributed by atoms with E-state index in [9.17, 15) is 13.2 Å². The van der Waals surface area contributed by atoms with E-state index >= 15 is 0 Å². The first-order valence-corrected chi connectivity index (χ1v) is 6.47. The van der Waals surface area contributed by atoms with E-state index < -0.39 is 12.8 Å². The summed E-state index contributed by atoms with van der Waals surface area (Å²) in [4.78, 5) is 0. The van der Waals surface area contributed by atoms with Crippen LogP contribution in [-0.2, 0) is 10.1 Å². The van der Waals surface area contributed by atoms with Crippen LogP contribution in [0.5, 0.6) is 5.75 Å². The molecule has 6 heteroatoms. The van der Waals surface area contributed by atoms with E-state index in [1.54, 1.807) is 6.07 Å². The van der Waals surface area contributed by atoms with Gasteiger partial charge in [-0.3, -0.25) is 0 Å². The summed E-state index contributed by atoms with van der Waals surface area (Å²) in [6.45, 7) is 0.728. The van der Waals surface area contributed by atoms with Crippen molar-refractivity contribution in [2.75, 3.05) is 19.8 Å². The third-order valence-corrected chi connectivity index (χ3v) is 2.72. The third-order valence-electron chi connectivity index (χ3n) is 2.11. The van der Waals surface area contributed by atoms with Crippen molar-refractivity contribution in [2.45, 2.75) is 18.4 Å². The van der Waals surface area contributed by atoms with Crippen molar-refractivity contribution in [3.8, 4) is 5.75 Å². The van der Waals surface area contributed by atoms with Gasteiger partial charge >= 0.3 is 6.18 Å². The summed E-state index contributed by atoms with van der Waals surface area (Å²) >= 11 is 3.33. The molecule has 0 aliphatic heterocycles. The number of alkyl halides is 4. The molecule has 1 aromatic carbocycles. The molecular weight excluding hydrogens is 313 g/mol. The summed E-state index contributed by atoms with van der Waals surface area (Å²) in [7, 11) is 0. The summed E-state index contributed by atoms with van der Waals surface area (Å²) in [6.07, 6.45) is -4.29. The zero-order valence-corrected chi connectivity index (χ0v) is 11.5. The molecule has 0 amide bonds. The van der Waals surface area contributed by atoms with Crippen molar-refractivity contribution in [2.24, 2.45) is 0 Å². The van der Waals surface area contributed by atoms with Crippen LogP contribution >= 0.6 is 15.9 Å². The SMILES string of the molecule is Cc1ccc(OCCOCC(F)(F)F)c(CBr)c1. The maximum atomic E-state index is 11.8. The topological polar surface area (TPSA) is 18.5 Å². The summed E-state index contributed by atoms with van der Waals surface area (Å²) in [6, 6.07) is 5.65. The van der Waals surface area contributed by atoms with Gasteiger partial charge in [0, 0.05) is 10.9 Å². The van der Waals surface area contributed by atoms with Crippen molar-refractivity contribution < 1.29 is 22.6 Å². The minimum atomic E-state index is -4.29. The zero-order valence-electron chi connectivity index (χ0n) is 9.89. The van der Waals surface area contributed by atoms with Crippen LogP contribution < -0.4 is 4.74 Å². The first-order valence-electron chi connectivity index (χ1n) is 5.35. The smallest absolute Gasteiger partial charge is 0.411 e. The molecule has 0 N–H and O–H groups in total. The number of aryl methyl sites for hydroxylation is 1. The van der Waals surface area contributed by atoms with Gasteiger partial charge in [-0.05, 0) is 13.0 Å². The fourth-order valence-corrected chi connectivity index (χ4v) is 1.79. The second-order valence-electron chi connectivity index (χ2n) is 3.76. The predicted octanol–water partition coefficient (Wildman–Crippen LogP) is 3.85. The van der Waals surface area contributed by atoms with Crippen molar-refractivity contribution in [3.05, 3.63) is 29.3 Å². The maximum absolute atomic E-state index is 11.8. The normalized spacial score (nSPS) is 11.6. The van der Waals surface area contributed by atoms with Gasteiger partial charge in [0.25, 0.3) is 0 Å². The lowest BCUT2D eigenvalue weighted by molar-refractivity contribution is -0.175. The standard InChI is InChI=1S/C12H14BrF3O2/c1-9-2-3-11(10(6-9)7-13)18-5-4-17-8-12(14,15)16/h2-3,6H,4-5,7-8H2,1H3. The highest BCUT2D eigenvalue weighted by atomic mass is 79.9. The van der Waals surface area contributed by atoms with Crippen LogP contribution in [-0.4, -0.2) is 26.0 Å². The quantitative estimate of drug-likeness (QED) is 0.584. The van der Waals surface area contributed by atoms with Crippen LogP contribution in [0.3, 0.4) is 0 Å². The summed E-state index contributed by atoms with van der Waals surface area (Å²) < 4.78 is 45.2. The molecule has 0 aliphatic carbocycles. The second-order valence-corrected chi connectivity index (χ2v) is 4.32. The Hall–Kier alpha value is -0.750. The molecule has 0 bridgehead atoms. The highest BCUT2D eigenvalue weighted by molar-refractivity contribution is 9.08. The Balaban J connectivity index is 2.35. The van der Waals surface area contributed by atoms with E-state index in [2.05, 4.69) is 20.7 Å². The fraction of sp³-hybridized carbons (Fsp3) is 0.500. The Kier molecular flexibility index (Phi) is 5.95. The fourth-order valence-electron chi connectivity index (χ4n) is 1.35. The van der Waals surface area contributed by atoms with Gasteiger partial charge in [0.15, 0.2) is 0 Å². The average molecular weight is 327 g/mol. The Bertz CT molecular complexity index is 380. The van der Waals surface area contributed by atoms with E-state index in [0.717, 1.165) is 11.1 Å². The van der Waals surface area contributed by atoms with Crippen LogP contribution in [0.4, 0.5) is 13.2 Å². The lowest BCUT2D eigenvalue weighted by Gasteiger charge is -2.11. The molecule has 0 radical (unpaired) electrons. The molecule has 0 heterocycles. The number of rotatable bonds is 6. The highest BCUT2D eigenvalue weighted by Gasteiger charge is 2.27. The zero-order chi connectivity index (χ0) is 13.6. The molecule has 102 valence electrons. The Morgan fingerprint density at radius 2 is 1.94 bits per heavy atom. The van der Waals surface area contributed by atoms with Crippen molar-refractivity contribution in [1.29, 1.82) is 0 Å². The number of hydrogen-bond acceptors (Lipinski definition) is 2. The van der Waals surface area contributed by atoms with Gasteiger partial charge in [-0.25, -0.2) is 0 Å². The molecule has 0 saturated heterocycles. The molecule has 0 saturated carbocycles. The van der Waals surface area contributed by atoms with Gasteiger partial charge < -0.3 is 9.47 Å². The number of benzene rings is 1. The van der Waals surface area contributed by atoms with E-state index in [1.807, 2.05) is 19.1 Å². The van der Waals surface area contributed by atoms with Crippen LogP contribution in [0.25, 0.3) is 0 Å². The lowest BCUT2D eigenvalue weighted by atomic mass is 10.1. The van der Waals surface area contributed by atoms with Crippen LogP contribution in [0.15, 0.2) is 18.2 Å². The molecule has 1 aromatic rings. The molecule has 0 atom stereocenters. The molecule has 1 rings (SSSR count). The number of ether oxygens (including phenoxy) is 2. The lowest BCUT2D eigenvalue weighted by Crippen LogP contribution is -2.19. The highest BCUT2D eigenvalue weighted by Crippen LogP contribution is 2.22. The van der Waals surface area contributed by atoms with Gasteiger partial charge in [-0.2, -0.15) is 13.2 Å². The minimum absolute atomic E-state index is 0.0882. The predicted molar refractivity (Wildman–Crippen MR) is 66.2 cm³/mol. The Morgan fingerprint density at radius 1 is 1.22 bits per heavy atom. The van der Waals surface area contributed by atoms with E-state index in [1.165, 1.54) is 0 Å². The van der Waals surface area contributed by atoms with Crippen molar-refractivity contribution in [3.63, 3.8) is 0 Å². The Morgan fingerprint density at radius 3 is 2.56 bits per heavy atom. The van der Waals surface area contributed by atoms with E-state index in [0.29, 0.717) is 11.1 Å². The molecule has 0 unspecified atom stereocenters. The van der Waals surface area contributed by atoms with E-state index in [4.69, 9.17) is 4.74 Å². The molecule has 0 fully saturated rings. The molecule has 2 nitrogen and oxygen atoms in total. The summed E-state index contributed by atoms with van der Waals surface area (Å²) in [5.74, 6) is 0.660. The van der Waals surface area contributed by atoms with Gasteiger partial charge in [0.2, 0.25) is 0 Å². The van der Waals surface area contributed by atoms with Crippen LogP contribution in [0.2, 0.25) is 0 Å². The van der Waals surface area contributed by atoms with Crippen LogP contribution in [0, 0.1) is 6.92 Å². The first kappa shape index (κ1) is 15.3. The van der Waals surface area contributed by atoms with E-state index in [-0.39, 0.29) is 13.2 Å². The van der Waals surface area contributed by atoms with Gasteiger partial charge in [0.1, 0.15) is 19.0 Å². The van der Waals surface area contributed by atoms with Crippen molar-refractivity contribution in [1.82, 2.24) is 0 Å². The number of hydrogen-bond donors (Lipinski definition) is 0. The molecule has 0 spiro atoms. The monoisotopic (exact) mass is 326 g/mol. The average Bonchev–Trinajstić information content (AvgIpc) is 2.28. The van der Waals surface area contributed by atoms with Crippen molar-refractivity contribution >= 4 is 15.9 Å². The second kappa shape index (κ2) is 6.99. The first-order chi connectivity index (χ1) is 8.42. The van der Waals surface area contributed by atoms with Gasteiger partial charge in [-0.15, -0.1) is 0 Å². The van der Waals surface area contributed by atoms with Gasteiger partial charge in [0.05, 0.1) is 6.61 Å². The maximum Gasteiger partial charge on any atom is 0.411 e. The van der Waals surface area contributed by atoms with Gasteiger partial charge in [-0.1, -0.05) is 33.6 Å². The summed E-state index contributed by atoms with van der Waals surface area (Å²) in [5, 5.41) is 0.632. The Labute approximate surface area is 112 Å². The van der Waals surface area contributed by atoms with Crippen LogP contribution in [0.1, 0.15) is 11.1 Å². The molecule has 18 heavy (non-hydrogen) atoms. The largest absolute Gasteiger partial charge is 0.491 e. The summed E-state index contributed by atoms with van der Waals surface area (Å²) in [5.41, 5.74) is 2.07. The molecule has 0 aromatic heterocycles. The molecular formula is C12H14BrF3O2. The molecule has 0 aliphatic rings. The number of halogens is 4.